The number of rotatable bonds is 3. The number of aliphatic hydroxyl groups is 1. The van der Waals surface area contributed by atoms with Gasteiger partial charge < -0.3 is 19.9 Å². The van der Waals surface area contributed by atoms with E-state index in [0.717, 1.165) is 0 Å². The van der Waals surface area contributed by atoms with Crippen LogP contribution in [-0.4, -0.2) is 36.9 Å². The number of amides is 1. The van der Waals surface area contributed by atoms with E-state index in [0.29, 0.717) is 30.3 Å². The molecule has 2 rings (SSSR count). The summed E-state index contributed by atoms with van der Waals surface area (Å²) in [5.74, 6) is 1.01. The van der Waals surface area contributed by atoms with Crippen molar-refractivity contribution in [3.05, 3.63) is 23.8 Å². The predicted molar refractivity (Wildman–Crippen MR) is 61.4 cm³/mol. The minimum atomic E-state index is -0.268. The highest BCUT2D eigenvalue weighted by Crippen LogP contribution is 2.30. The molecule has 1 aliphatic rings. The Labute approximate surface area is 99.3 Å². The Morgan fingerprint density at radius 1 is 1.41 bits per heavy atom. The van der Waals surface area contributed by atoms with Gasteiger partial charge in [-0.2, -0.15) is 0 Å². The molecule has 92 valence electrons. The van der Waals surface area contributed by atoms with Crippen molar-refractivity contribution >= 4 is 5.91 Å². The fourth-order valence-corrected chi connectivity index (χ4v) is 1.54. The van der Waals surface area contributed by atoms with Crippen molar-refractivity contribution < 1.29 is 19.4 Å². The largest absolute Gasteiger partial charge is 0.486 e. The molecule has 1 aromatic rings. The van der Waals surface area contributed by atoms with Crippen molar-refractivity contribution in [2.45, 2.75) is 13.0 Å². The normalized spacial score (nSPS) is 15.2. The van der Waals surface area contributed by atoms with Gasteiger partial charge in [0, 0.05) is 11.6 Å². The van der Waals surface area contributed by atoms with Gasteiger partial charge in [0.25, 0.3) is 5.91 Å². The molecule has 0 bridgehead atoms. The summed E-state index contributed by atoms with van der Waals surface area (Å²) in [4.78, 5) is 11.8. The van der Waals surface area contributed by atoms with E-state index < -0.39 is 0 Å². The first-order chi connectivity index (χ1) is 8.20. The molecule has 5 nitrogen and oxygen atoms in total. The van der Waals surface area contributed by atoms with Gasteiger partial charge in [-0.3, -0.25) is 4.79 Å². The highest BCUT2D eigenvalue weighted by Gasteiger charge is 2.15. The summed E-state index contributed by atoms with van der Waals surface area (Å²) in [5, 5.41) is 11.5. The van der Waals surface area contributed by atoms with E-state index in [1.54, 1.807) is 25.1 Å². The van der Waals surface area contributed by atoms with Gasteiger partial charge in [0.15, 0.2) is 11.5 Å². The quantitative estimate of drug-likeness (QED) is 0.806. The second kappa shape index (κ2) is 5.05. The number of hydrogen-bond donors (Lipinski definition) is 2. The molecule has 5 heteroatoms. The zero-order chi connectivity index (χ0) is 12.3. The lowest BCUT2D eigenvalue weighted by atomic mass is 10.1. The second-order valence-corrected chi connectivity index (χ2v) is 3.92. The summed E-state index contributed by atoms with van der Waals surface area (Å²) < 4.78 is 10.8. The molecular formula is C12H15NO4. The first-order valence-electron chi connectivity index (χ1n) is 5.52. The topological polar surface area (TPSA) is 67.8 Å². The van der Waals surface area contributed by atoms with Crippen LogP contribution in [-0.2, 0) is 0 Å². The van der Waals surface area contributed by atoms with Crippen molar-refractivity contribution in [3.63, 3.8) is 0 Å². The van der Waals surface area contributed by atoms with E-state index in [4.69, 9.17) is 14.6 Å². The van der Waals surface area contributed by atoms with Crippen molar-refractivity contribution in [1.29, 1.82) is 0 Å². The first-order valence-corrected chi connectivity index (χ1v) is 5.52. The van der Waals surface area contributed by atoms with Gasteiger partial charge >= 0.3 is 0 Å². The Morgan fingerprint density at radius 2 is 2.12 bits per heavy atom. The molecule has 0 aliphatic carbocycles. The number of aliphatic hydroxyl groups excluding tert-OH is 1. The highest BCUT2D eigenvalue weighted by molar-refractivity contribution is 5.95. The molecule has 0 unspecified atom stereocenters. The highest BCUT2D eigenvalue weighted by atomic mass is 16.6. The van der Waals surface area contributed by atoms with E-state index in [-0.39, 0.29) is 18.6 Å². The van der Waals surface area contributed by atoms with Gasteiger partial charge in [-0.15, -0.1) is 0 Å². The molecule has 1 heterocycles. The van der Waals surface area contributed by atoms with Crippen LogP contribution >= 0.6 is 0 Å². The molecule has 17 heavy (non-hydrogen) atoms. The maximum Gasteiger partial charge on any atom is 0.251 e. The fraction of sp³-hybridized carbons (Fsp3) is 0.417. The Morgan fingerprint density at radius 3 is 2.82 bits per heavy atom. The average Bonchev–Trinajstić information content (AvgIpc) is 2.38. The predicted octanol–water partition coefficient (Wildman–Crippen LogP) is 0.568. The Kier molecular flexibility index (Phi) is 3.49. The standard InChI is InChI=1S/C12H15NO4/c1-8(7-14)13-12(15)9-2-3-10-11(6-9)17-5-4-16-10/h2-3,6,8,14H,4-5,7H2,1H3,(H,13,15)/t8-/m1/s1. The van der Waals surface area contributed by atoms with Crippen LogP contribution in [0.5, 0.6) is 11.5 Å². The molecule has 0 fully saturated rings. The van der Waals surface area contributed by atoms with E-state index >= 15 is 0 Å². The third kappa shape index (κ3) is 2.68. The Hall–Kier alpha value is -1.75. The molecule has 1 aromatic carbocycles. The summed E-state index contributed by atoms with van der Waals surface area (Å²) in [5.41, 5.74) is 0.495. The second-order valence-electron chi connectivity index (χ2n) is 3.92. The van der Waals surface area contributed by atoms with Crippen LogP contribution in [0.2, 0.25) is 0 Å². The smallest absolute Gasteiger partial charge is 0.251 e. The minimum absolute atomic E-state index is 0.0870. The lowest BCUT2D eigenvalue weighted by molar-refractivity contribution is 0.0921. The summed E-state index contributed by atoms with van der Waals surface area (Å²) in [6.45, 7) is 2.66. The van der Waals surface area contributed by atoms with Crippen molar-refractivity contribution in [2.24, 2.45) is 0 Å². The molecule has 0 radical (unpaired) electrons. The van der Waals surface area contributed by atoms with Crippen LogP contribution in [0.25, 0.3) is 0 Å². The molecule has 1 aliphatic heterocycles. The van der Waals surface area contributed by atoms with Gasteiger partial charge in [0.1, 0.15) is 13.2 Å². The third-order valence-corrected chi connectivity index (χ3v) is 2.46. The summed E-state index contributed by atoms with van der Waals surface area (Å²) in [6.07, 6.45) is 0. The minimum Gasteiger partial charge on any atom is -0.486 e. The van der Waals surface area contributed by atoms with Crippen molar-refractivity contribution in [1.82, 2.24) is 5.32 Å². The van der Waals surface area contributed by atoms with E-state index in [1.807, 2.05) is 0 Å². The Bertz CT molecular complexity index is 419. The number of benzene rings is 1. The molecule has 1 atom stereocenters. The van der Waals surface area contributed by atoms with Crippen LogP contribution in [0.1, 0.15) is 17.3 Å². The maximum atomic E-state index is 11.8. The molecule has 0 spiro atoms. The SMILES string of the molecule is C[C@H](CO)NC(=O)c1ccc2c(c1)OCCO2. The zero-order valence-corrected chi connectivity index (χ0v) is 9.60. The van der Waals surface area contributed by atoms with Crippen LogP contribution in [0.3, 0.4) is 0 Å². The Balaban J connectivity index is 2.13. The van der Waals surface area contributed by atoms with Gasteiger partial charge in [0.2, 0.25) is 0 Å². The zero-order valence-electron chi connectivity index (χ0n) is 9.60. The van der Waals surface area contributed by atoms with Crippen LogP contribution in [0.4, 0.5) is 0 Å². The number of hydrogen-bond acceptors (Lipinski definition) is 4. The lowest BCUT2D eigenvalue weighted by Gasteiger charge is -2.19. The molecule has 1 amide bonds. The number of ether oxygens (including phenoxy) is 2. The third-order valence-electron chi connectivity index (χ3n) is 2.46. The summed E-state index contributed by atoms with van der Waals surface area (Å²) in [7, 11) is 0. The average molecular weight is 237 g/mol. The molecule has 2 N–H and O–H groups in total. The van der Waals surface area contributed by atoms with E-state index in [2.05, 4.69) is 5.32 Å². The van der Waals surface area contributed by atoms with Crippen LogP contribution in [0, 0.1) is 0 Å². The van der Waals surface area contributed by atoms with Gasteiger partial charge in [0.05, 0.1) is 6.61 Å². The number of nitrogens with one attached hydrogen (secondary N) is 1. The van der Waals surface area contributed by atoms with Crippen molar-refractivity contribution in [3.8, 4) is 11.5 Å². The molecule has 0 saturated heterocycles. The van der Waals surface area contributed by atoms with Gasteiger partial charge in [-0.05, 0) is 25.1 Å². The number of fused-ring (bicyclic) bond motifs is 1. The first kappa shape index (κ1) is 11.7. The number of carbonyl (C=O) groups excluding carboxylic acids is 1. The maximum absolute atomic E-state index is 11.8. The van der Waals surface area contributed by atoms with Crippen molar-refractivity contribution in [2.75, 3.05) is 19.8 Å². The molecule has 0 aromatic heterocycles. The summed E-state index contributed by atoms with van der Waals surface area (Å²) in [6, 6.07) is 4.77. The van der Waals surface area contributed by atoms with E-state index in [9.17, 15) is 4.79 Å². The number of carbonyl (C=O) groups is 1. The summed E-state index contributed by atoms with van der Waals surface area (Å²) >= 11 is 0. The van der Waals surface area contributed by atoms with Crippen LogP contribution < -0.4 is 14.8 Å². The van der Waals surface area contributed by atoms with Gasteiger partial charge in [-0.1, -0.05) is 0 Å². The molecular weight excluding hydrogens is 222 g/mol. The lowest BCUT2D eigenvalue weighted by Crippen LogP contribution is -2.35. The fourth-order valence-electron chi connectivity index (χ4n) is 1.54. The molecule has 0 saturated carbocycles. The monoisotopic (exact) mass is 237 g/mol. The van der Waals surface area contributed by atoms with Gasteiger partial charge in [-0.25, -0.2) is 0 Å². The van der Waals surface area contributed by atoms with E-state index in [1.165, 1.54) is 0 Å². The van der Waals surface area contributed by atoms with Crippen LogP contribution in [0.15, 0.2) is 18.2 Å².